The Hall–Kier alpha value is -1.32. The number of benzene rings is 1. The largest absolute Gasteiger partial charge is 0.333 e. The summed E-state index contributed by atoms with van der Waals surface area (Å²) in [4.78, 5) is 4.18. The van der Waals surface area contributed by atoms with Crippen molar-refractivity contribution in [1.82, 2.24) is 9.55 Å². The van der Waals surface area contributed by atoms with E-state index < -0.39 is 0 Å². The van der Waals surface area contributed by atoms with E-state index in [0.29, 0.717) is 0 Å². The molecule has 0 aliphatic carbocycles. The zero-order valence-electron chi connectivity index (χ0n) is 10.7. The van der Waals surface area contributed by atoms with Crippen molar-refractivity contribution >= 4 is 11.6 Å². The fraction of sp³-hybridized carbons (Fsp3) is 0.357. The topological polar surface area (TPSA) is 43.8 Å². The van der Waals surface area contributed by atoms with Crippen LogP contribution in [0.2, 0.25) is 5.02 Å². The highest BCUT2D eigenvalue weighted by Crippen LogP contribution is 2.17. The summed E-state index contributed by atoms with van der Waals surface area (Å²) in [7, 11) is 0. The highest BCUT2D eigenvalue weighted by molar-refractivity contribution is 6.30. The molecular weight excluding hydrogens is 246 g/mol. The summed E-state index contributed by atoms with van der Waals surface area (Å²) >= 11 is 5.86. The van der Waals surface area contributed by atoms with E-state index in [2.05, 4.69) is 9.55 Å². The standard InChI is InChI=1S/C14H18ClN3/c1-14(2,16)13-9-17-10-18(13)8-7-11-3-5-12(15)6-4-11/h3-6,9-10H,7-8,16H2,1-2H3. The molecule has 0 aliphatic rings. The summed E-state index contributed by atoms with van der Waals surface area (Å²) in [6, 6.07) is 7.93. The number of halogens is 1. The summed E-state index contributed by atoms with van der Waals surface area (Å²) in [6.07, 6.45) is 4.61. The third-order valence-electron chi connectivity index (χ3n) is 2.93. The lowest BCUT2D eigenvalue weighted by Crippen LogP contribution is -2.31. The lowest BCUT2D eigenvalue weighted by Gasteiger charge is -2.20. The van der Waals surface area contributed by atoms with Gasteiger partial charge >= 0.3 is 0 Å². The molecule has 96 valence electrons. The average Bonchev–Trinajstić information content (AvgIpc) is 2.76. The van der Waals surface area contributed by atoms with Crippen molar-refractivity contribution in [3.63, 3.8) is 0 Å². The maximum Gasteiger partial charge on any atom is 0.0948 e. The molecule has 1 aromatic carbocycles. The summed E-state index contributed by atoms with van der Waals surface area (Å²) in [6.45, 7) is 4.85. The second-order valence-electron chi connectivity index (χ2n) is 5.07. The Morgan fingerprint density at radius 2 is 1.94 bits per heavy atom. The van der Waals surface area contributed by atoms with Crippen molar-refractivity contribution < 1.29 is 0 Å². The highest BCUT2D eigenvalue weighted by Gasteiger charge is 2.18. The van der Waals surface area contributed by atoms with Gasteiger partial charge in [0.25, 0.3) is 0 Å². The molecule has 0 amide bonds. The monoisotopic (exact) mass is 263 g/mol. The number of nitrogens with zero attached hydrogens (tertiary/aromatic N) is 2. The molecule has 0 saturated carbocycles. The smallest absolute Gasteiger partial charge is 0.0948 e. The zero-order chi connectivity index (χ0) is 13.2. The normalized spacial score (nSPS) is 11.8. The van der Waals surface area contributed by atoms with Gasteiger partial charge in [-0.25, -0.2) is 4.98 Å². The van der Waals surface area contributed by atoms with Gasteiger partial charge in [0, 0.05) is 17.8 Å². The Morgan fingerprint density at radius 1 is 1.28 bits per heavy atom. The number of hydrogen-bond donors (Lipinski definition) is 1. The van der Waals surface area contributed by atoms with Gasteiger partial charge in [-0.15, -0.1) is 0 Å². The van der Waals surface area contributed by atoms with E-state index in [-0.39, 0.29) is 5.54 Å². The lowest BCUT2D eigenvalue weighted by molar-refractivity contribution is 0.492. The van der Waals surface area contributed by atoms with Crippen LogP contribution in [0.3, 0.4) is 0 Å². The molecule has 0 spiro atoms. The molecule has 0 fully saturated rings. The predicted molar refractivity (Wildman–Crippen MR) is 74.6 cm³/mol. The van der Waals surface area contributed by atoms with Crippen LogP contribution in [0.4, 0.5) is 0 Å². The van der Waals surface area contributed by atoms with E-state index in [4.69, 9.17) is 17.3 Å². The molecular formula is C14H18ClN3. The van der Waals surface area contributed by atoms with Gasteiger partial charge in [-0.05, 0) is 38.0 Å². The number of aryl methyl sites for hydroxylation is 2. The molecule has 2 aromatic rings. The van der Waals surface area contributed by atoms with Gasteiger partial charge in [0.1, 0.15) is 0 Å². The van der Waals surface area contributed by atoms with E-state index in [1.54, 1.807) is 0 Å². The Bertz CT molecular complexity index is 509. The number of rotatable bonds is 4. The van der Waals surface area contributed by atoms with E-state index in [1.165, 1.54) is 5.56 Å². The number of hydrogen-bond acceptors (Lipinski definition) is 2. The molecule has 2 N–H and O–H groups in total. The Kier molecular flexibility index (Phi) is 3.73. The van der Waals surface area contributed by atoms with Gasteiger partial charge in [0.15, 0.2) is 0 Å². The molecule has 18 heavy (non-hydrogen) atoms. The van der Waals surface area contributed by atoms with Gasteiger partial charge in [-0.3, -0.25) is 0 Å². The molecule has 1 heterocycles. The van der Waals surface area contributed by atoms with Crippen LogP contribution in [0.1, 0.15) is 25.1 Å². The van der Waals surface area contributed by atoms with Crippen molar-refractivity contribution in [2.45, 2.75) is 32.4 Å². The molecule has 2 rings (SSSR count). The van der Waals surface area contributed by atoms with Crippen molar-refractivity contribution in [3.05, 3.63) is 53.1 Å². The van der Waals surface area contributed by atoms with Crippen molar-refractivity contribution in [2.24, 2.45) is 5.73 Å². The minimum Gasteiger partial charge on any atom is -0.333 e. The highest BCUT2D eigenvalue weighted by atomic mass is 35.5. The van der Waals surface area contributed by atoms with Gasteiger partial charge < -0.3 is 10.3 Å². The van der Waals surface area contributed by atoms with Crippen LogP contribution in [0, 0.1) is 0 Å². The summed E-state index contributed by atoms with van der Waals surface area (Å²) in [5.74, 6) is 0. The molecule has 3 nitrogen and oxygen atoms in total. The van der Waals surface area contributed by atoms with Crippen LogP contribution < -0.4 is 5.73 Å². The maximum atomic E-state index is 6.11. The lowest BCUT2D eigenvalue weighted by atomic mass is 10.0. The summed E-state index contributed by atoms with van der Waals surface area (Å²) in [5, 5.41) is 0.769. The molecule has 0 bridgehead atoms. The van der Waals surface area contributed by atoms with Crippen LogP contribution in [0.25, 0.3) is 0 Å². The van der Waals surface area contributed by atoms with Crippen LogP contribution >= 0.6 is 11.6 Å². The first-order valence-electron chi connectivity index (χ1n) is 6.01. The predicted octanol–water partition coefficient (Wildman–Crippen LogP) is 2.97. The maximum absolute atomic E-state index is 6.11. The first kappa shape index (κ1) is 13.1. The second kappa shape index (κ2) is 5.12. The van der Waals surface area contributed by atoms with E-state index >= 15 is 0 Å². The van der Waals surface area contributed by atoms with Gasteiger partial charge in [0.2, 0.25) is 0 Å². The third-order valence-corrected chi connectivity index (χ3v) is 3.18. The molecule has 0 aliphatic heterocycles. The summed E-state index contributed by atoms with van der Waals surface area (Å²) in [5.41, 5.74) is 8.06. The van der Waals surface area contributed by atoms with Crippen LogP contribution in [-0.2, 0) is 18.5 Å². The SMILES string of the molecule is CC(C)(N)c1cncn1CCc1ccc(Cl)cc1. The van der Waals surface area contributed by atoms with Crippen molar-refractivity contribution in [3.8, 4) is 0 Å². The van der Waals surface area contributed by atoms with Gasteiger partial charge in [-0.2, -0.15) is 0 Å². The molecule has 1 aromatic heterocycles. The number of aromatic nitrogens is 2. The fourth-order valence-corrected chi connectivity index (χ4v) is 2.06. The molecule has 0 radical (unpaired) electrons. The van der Waals surface area contributed by atoms with Crippen LogP contribution in [0.15, 0.2) is 36.8 Å². The van der Waals surface area contributed by atoms with Gasteiger partial charge in [-0.1, -0.05) is 23.7 Å². The van der Waals surface area contributed by atoms with E-state index in [1.807, 2.05) is 50.6 Å². The number of imidazole rings is 1. The molecule has 0 saturated heterocycles. The van der Waals surface area contributed by atoms with Gasteiger partial charge in [0.05, 0.1) is 17.6 Å². The number of nitrogens with two attached hydrogens (primary N) is 1. The Labute approximate surface area is 113 Å². The molecule has 0 atom stereocenters. The Balaban J connectivity index is 2.07. The second-order valence-corrected chi connectivity index (χ2v) is 5.51. The Morgan fingerprint density at radius 3 is 2.56 bits per heavy atom. The summed E-state index contributed by atoms with van der Waals surface area (Å²) < 4.78 is 2.11. The van der Waals surface area contributed by atoms with Crippen molar-refractivity contribution in [2.75, 3.05) is 0 Å². The zero-order valence-corrected chi connectivity index (χ0v) is 11.5. The quantitative estimate of drug-likeness (QED) is 0.922. The minimum atomic E-state index is -0.365. The third kappa shape index (κ3) is 3.12. The average molecular weight is 264 g/mol. The van der Waals surface area contributed by atoms with Crippen LogP contribution in [0.5, 0.6) is 0 Å². The minimum absolute atomic E-state index is 0.365. The first-order valence-corrected chi connectivity index (χ1v) is 6.38. The van der Waals surface area contributed by atoms with E-state index in [0.717, 1.165) is 23.7 Å². The van der Waals surface area contributed by atoms with Crippen LogP contribution in [-0.4, -0.2) is 9.55 Å². The van der Waals surface area contributed by atoms with Crippen molar-refractivity contribution in [1.29, 1.82) is 0 Å². The first-order chi connectivity index (χ1) is 8.47. The molecule has 4 heteroatoms. The fourth-order valence-electron chi connectivity index (χ4n) is 1.94. The molecule has 0 unspecified atom stereocenters. The van der Waals surface area contributed by atoms with E-state index in [9.17, 15) is 0 Å².